The first-order valence-corrected chi connectivity index (χ1v) is 3.19. The van der Waals surface area contributed by atoms with E-state index in [1.54, 1.807) is 0 Å². The van der Waals surface area contributed by atoms with Crippen LogP contribution in [-0.4, -0.2) is 18.5 Å². The van der Waals surface area contributed by atoms with Crippen molar-refractivity contribution in [3.63, 3.8) is 0 Å². The van der Waals surface area contributed by atoms with Crippen LogP contribution in [0, 0.1) is 0 Å². The van der Waals surface area contributed by atoms with Gasteiger partial charge in [0, 0.05) is 12.8 Å². The molecule has 0 unspecified atom stereocenters. The molecule has 1 atom stereocenters. The van der Waals surface area contributed by atoms with E-state index < -0.39 is 31.4 Å². The summed E-state index contributed by atoms with van der Waals surface area (Å²) in [6, 6.07) is 0. The quantitative estimate of drug-likeness (QED) is 0.577. The summed E-state index contributed by atoms with van der Waals surface area (Å²) in [5.74, 6) is -3.31. The maximum absolute atomic E-state index is 12.2. The highest BCUT2D eigenvalue weighted by Crippen LogP contribution is 2.27. The van der Waals surface area contributed by atoms with Crippen LogP contribution in [0.4, 0.5) is 22.0 Å². The summed E-state index contributed by atoms with van der Waals surface area (Å²) >= 11 is 0. The first-order chi connectivity index (χ1) is 4.89. The van der Waals surface area contributed by atoms with Crippen LogP contribution in [0.1, 0.15) is 19.8 Å². The Bertz CT molecular complexity index is 112. The van der Waals surface area contributed by atoms with Crippen molar-refractivity contribution in [2.24, 2.45) is 0 Å². The average molecular weight is 176 g/mol. The maximum atomic E-state index is 12.2. The van der Waals surface area contributed by atoms with E-state index in [-0.39, 0.29) is 0 Å². The smallest absolute Gasteiger partial charge is 0.241 e. The zero-order valence-electron chi connectivity index (χ0n) is 5.96. The summed E-state index contributed by atoms with van der Waals surface area (Å²) in [6.07, 6.45) is -8.03. The highest BCUT2D eigenvalue weighted by Gasteiger charge is 2.34. The first kappa shape index (κ1) is 10.7. The third-order valence-corrected chi connectivity index (χ3v) is 1.28. The van der Waals surface area contributed by atoms with Gasteiger partial charge in [-0.15, -0.1) is 0 Å². The van der Waals surface area contributed by atoms with Crippen LogP contribution in [0.15, 0.2) is 0 Å². The number of hydrogen-bond acceptors (Lipinski definition) is 0. The molecule has 0 rings (SSSR count). The molecule has 11 heavy (non-hydrogen) atoms. The van der Waals surface area contributed by atoms with E-state index in [9.17, 15) is 22.0 Å². The van der Waals surface area contributed by atoms with E-state index in [1.807, 2.05) is 0 Å². The van der Waals surface area contributed by atoms with Gasteiger partial charge < -0.3 is 0 Å². The number of hydrogen-bond donors (Lipinski definition) is 0. The molecule has 0 aromatic rings. The Morgan fingerprint density at radius 3 is 1.91 bits per heavy atom. The van der Waals surface area contributed by atoms with E-state index >= 15 is 0 Å². The lowest BCUT2D eigenvalue weighted by atomic mass is 10.1. The Morgan fingerprint density at radius 1 is 1.18 bits per heavy atom. The fraction of sp³-hybridized carbons (Fsp3) is 1.00. The molecule has 68 valence electrons. The van der Waals surface area contributed by atoms with Crippen LogP contribution < -0.4 is 0 Å². The fourth-order valence-electron chi connectivity index (χ4n) is 0.519. The van der Waals surface area contributed by atoms with E-state index in [0.717, 1.165) is 6.92 Å². The van der Waals surface area contributed by atoms with E-state index in [0.29, 0.717) is 0 Å². The van der Waals surface area contributed by atoms with Gasteiger partial charge in [-0.2, -0.15) is 0 Å². The normalized spacial score (nSPS) is 15.5. The van der Waals surface area contributed by atoms with Gasteiger partial charge >= 0.3 is 0 Å². The van der Waals surface area contributed by atoms with Crippen LogP contribution >= 0.6 is 0 Å². The molecule has 0 N–H and O–H groups in total. The number of rotatable bonds is 4. The lowest BCUT2D eigenvalue weighted by Crippen LogP contribution is -2.25. The Balaban J connectivity index is 3.83. The lowest BCUT2D eigenvalue weighted by molar-refractivity contribution is -0.0627. The zero-order valence-corrected chi connectivity index (χ0v) is 5.96. The average Bonchev–Trinajstić information content (AvgIpc) is 1.87. The predicted molar refractivity (Wildman–Crippen MR) is 30.8 cm³/mol. The van der Waals surface area contributed by atoms with Gasteiger partial charge in [0.25, 0.3) is 12.3 Å². The minimum absolute atomic E-state index is 0.611. The summed E-state index contributed by atoms with van der Waals surface area (Å²) in [4.78, 5) is 0. The highest BCUT2D eigenvalue weighted by atomic mass is 19.3. The van der Waals surface area contributed by atoms with Crippen molar-refractivity contribution >= 4 is 0 Å². The molecule has 0 aromatic carbocycles. The minimum Gasteiger partial charge on any atom is -0.241 e. The third kappa shape index (κ3) is 4.16. The monoisotopic (exact) mass is 176 g/mol. The van der Waals surface area contributed by atoms with Crippen LogP contribution in [0.5, 0.6) is 0 Å². The number of alkyl halides is 5. The van der Waals surface area contributed by atoms with Crippen molar-refractivity contribution in [1.82, 2.24) is 0 Å². The van der Waals surface area contributed by atoms with Crippen molar-refractivity contribution in [3.8, 4) is 0 Å². The second-order valence-corrected chi connectivity index (χ2v) is 2.26. The van der Waals surface area contributed by atoms with Crippen LogP contribution in [0.25, 0.3) is 0 Å². The first-order valence-electron chi connectivity index (χ1n) is 3.19. The molecule has 0 heterocycles. The Labute approximate surface area is 61.4 Å². The van der Waals surface area contributed by atoms with Gasteiger partial charge in [-0.3, -0.25) is 0 Å². The summed E-state index contributed by atoms with van der Waals surface area (Å²) in [5, 5.41) is 0. The highest BCUT2D eigenvalue weighted by molar-refractivity contribution is 4.71. The predicted octanol–water partition coefficient (Wildman–Crippen LogP) is 3.03. The van der Waals surface area contributed by atoms with Crippen molar-refractivity contribution in [3.05, 3.63) is 0 Å². The molecule has 0 fully saturated rings. The minimum atomic E-state index is -3.31. The molecular formula is C6H9F5. The second kappa shape index (κ2) is 3.88. The van der Waals surface area contributed by atoms with E-state index in [1.165, 1.54) is 0 Å². The molecule has 0 amide bonds. The van der Waals surface area contributed by atoms with Gasteiger partial charge in [-0.1, -0.05) is 6.92 Å². The van der Waals surface area contributed by atoms with Gasteiger partial charge in [0.15, 0.2) is 6.17 Å². The molecule has 0 saturated carbocycles. The van der Waals surface area contributed by atoms with Crippen molar-refractivity contribution in [2.45, 2.75) is 38.3 Å². The molecule has 0 spiro atoms. The summed E-state index contributed by atoms with van der Waals surface area (Å²) < 4.78 is 59.1. The van der Waals surface area contributed by atoms with Gasteiger partial charge in [0.05, 0.1) is 0 Å². The van der Waals surface area contributed by atoms with Gasteiger partial charge in [-0.25, -0.2) is 22.0 Å². The van der Waals surface area contributed by atoms with Crippen molar-refractivity contribution in [2.75, 3.05) is 0 Å². The van der Waals surface area contributed by atoms with Crippen molar-refractivity contribution in [1.29, 1.82) is 0 Å². The van der Waals surface area contributed by atoms with E-state index in [4.69, 9.17) is 0 Å². The van der Waals surface area contributed by atoms with E-state index in [2.05, 4.69) is 0 Å². The molecule has 5 heteroatoms. The number of halogens is 5. The molecule has 0 nitrogen and oxygen atoms in total. The Hall–Kier alpha value is -0.350. The van der Waals surface area contributed by atoms with Crippen LogP contribution in [0.3, 0.4) is 0 Å². The molecule has 0 aliphatic carbocycles. The maximum Gasteiger partial charge on any atom is 0.269 e. The molecule has 0 aliphatic heterocycles. The molecular weight excluding hydrogens is 167 g/mol. The fourth-order valence-corrected chi connectivity index (χ4v) is 0.519. The van der Waals surface area contributed by atoms with Crippen LogP contribution in [-0.2, 0) is 0 Å². The van der Waals surface area contributed by atoms with Gasteiger partial charge in [-0.05, 0) is 0 Å². The SMILES string of the molecule is CCC(F)(F)C[C@H](F)C(F)F. The van der Waals surface area contributed by atoms with Crippen molar-refractivity contribution < 1.29 is 22.0 Å². The zero-order chi connectivity index (χ0) is 9.07. The lowest BCUT2D eigenvalue weighted by Gasteiger charge is -2.15. The topological polar surface area (TPSA) is 0 Å². The Morgan fingerprint density at radius 2 is 1.64 bits per heavy atom. The standard InChI is InChI=1S/C6H9F5/c1-2-6(10,11)3-4(7)5(8)9/h4-5H,2-3H2,1H3/t4-/m0/s1. The van der Waals surface area contributed by atoms with Crippen LogP contribution in [0.2, 0.25) is 0 Å². The molecule has 0 aromatic heterocycles. The summed E-state index contributed by atoms with van der Waals surface area (Å²) in [5.41, 5.74) is 0. The summed E-state index contributed by atoms with van der Waals surface area (Å²) in [6.45, 7) is 1.12. The second-order valence-electron chi connectivity index (χ2n) is 2.26. The molecule has 0 bridgehead atoms. The van der Waals surface area contributed by atoms with Gasteiger partial charge in [0.1, 0.15) is 0 Å². The van der Waals surface area contributed by atoms with Gasteiger partial charge in [0.2, 0.25) is 0 Å². The molecule has 0 radical (unpaired) electrons. The summed E-state index contributed by atoms with van der Waals surface area (Å²) in [7, 11) is 0. The molecule has 0 aliphatic rings. The third-order valence-electron chi connectivity index (χ3n) is 1.28. The Kier molecular flexibility index (Phi) is 3.75. The largest absolute Gasteiger partial charge is 0.269 e. The molecule has 0 saturated heterocycles.